The van der Waals surface area contributed by atoms with Crippen molar-refractivity contribution in [1.82, 2.24) is 14.3 Å². The summed E-state index contributed by atoms with van der Waals surface area (Å²) in [5, 5.41) is 0. The number of ether oxygens (including phenoxy) is 1. The van der Waals surface area contributed by atoms with Crippen molar-refractivity contribution >= 4 is 29.3 Å². The van der Waals surface area contributed by atoms with E-state index in [0.29, 0.717) is 29.9 Å². The molecular formula is C23H20FN3O4S. The summed E-state index contributed by atoms with van der Waals surface area (Å²) in [5.41, 5.74) is 2.31. The number of fused-ring (bicyclic) bond motifs is 2. The summed E-state index contributed by atoms with van der Waals surface area (Å²) in [6, 6.07) is 10.2. The molecule has 2 aromatic heterocycles. The summed E-state index contributed by atoms with van der Waals surface area (Å²) in [4.78, 5) is 43.3. The number of thioether (sulfide) groups is 1. The third-order valence-electron chi connectivity index (χ3n) is 5.93. The third kappa shape index (κ3) is 3.37. The zero-order valence-electron chi connectivity index (χ0n) is 17.3. The summed E-state index contributed by atoms with van der Waals surface area (Å²) in [6.45, 7) is 1.74. The third-order valence-corrected chi connectivity index (χ3v) is 7.53. The van der Waals surface area contributed by atoms with Gasteiger partial charge in [0.25, 0.3) is 5.56 Å². The SMILES string of the molecule is Cc1ccn2c(=O)cc(COC(=O)[C@@H]3CS[C@@]4(c5ccc(F)cc5)CCC(=O)N34)nc2c1. The summed E-state index contributed by atoms with van der Waals surface area (Å²) >= 11 is 1.50. The van der Waals surface area contributed by atoms with E-state index in [2.05, 4.69) is 4.98 Å². The van der Waals surface area contributed by atoms with Crippen molar-refractivity contribution in [3.8, 4) is 0 Å². The maximum atomic E-state index is 13.4. The molecule has 1 amide bonds. The Bertz CT molecular complexity index is 1290. The number of hydrogen-bond donors (Lipinski definition) is 0. The van der Waals surface area contributed by atoms with Crippen molar-refractivity contribution in [3.63, 3.8) is 0 Å². The standard InChI is InChI=1S/C23H20FN3O4S/c1-14-7-9-26-19(10-14)25-17(11-21(26)29)12-31-22(30)18-13-32-23(8-6-20(28)27(18)23)15-2-4-16(24)5-3-15/h2-5,7,9-11,18H,6,8,12-13H2,1H3/t18-,23+/m0/s1. The molecule has 2 atom stereocenters. The molecule has 0 unspecified atom stereocenters. The summed E-state index contributed by atoms with van der Waals surface area (Å²) in [7, 11) is 0. The second kappa shape index (κ2) is 7.74. The van der Waals surface area contributed by atoms with Crippen LogP contribution in [0.3, 0.4) is 0 Å². The summed E-state index contributed by atoms with van der Waals surface area (Å²) in [6.07, 6.45) is 2.52. The first-order chi connectivity index (χ1) is 15.4. The molecule has 0 aliphatic carbocycles. The molecule has 9 heteroatoms. The average Bonchev–Trinajstić information content (AvgIpc) is 3.31. The second-order valence-corrected chi connectivity index (χ2v) is 9.30. The summed E-state index contributed by atoms with van der Waals surface area (Å²) in [5.74, 6) is -0.634. The molecule has 3 aromatic rings. The van der Waals surface area contributed by atoms with Gasteiger partial charge in [-0.05, 0) is 48.7 Å². The monoisotopic (exact) mass is 453 g/mol. The first-order valence-corrected chi connectivity index (χ1v) is 11.2. The second-order valence-electron chi connectivity index (χ2n) is 8.01. The van der Waals surface area contributed by atoms with Crippen molar-refractivity contribution in [1.29, 1.82) is 0 Å². The van der Waals surface area contributed by atoms with E-state index in [1.807, 2.05) is 13.0 Å². The Morgan fingerprint density at radius 3 is 2.81 bits per heavy atom. The first kappa shape index (κ1) is 20.7. The van der Waals surface area contributed by atoms with Crippen LogP contribution in [0.5, 0.6) is 0 Å². The molecule has 0 spiro atoms. The van der Waals surface area contributed by atoms with Crippen LogP contribution in [0.4, 0.5) is 4.39 Å². The van der Waals surface area contributed by atoms with E-state index < -0.39 is 16.9 Å². The highest BCUT2D eigenvalue weighted by atomic mass is 32.2. The highest BCUT2D eigenvalue weighted by molar-refractivity contribution is 8.00. The van der Waals surface area contributed by atoms with E-state index in [4.69, 9.17) is 4.74 Å². The van der Waals surface area contributed by atoms with Crippen LogP contribution in [0.15, 0.2) is 53.5 Å². The number of carbonyl (C=O) groups is 2. The number of aromatic nitrogens is 2. The molecule has 2 aliphatic heterocycles. The highest BCUT2D eigenvalue weighted by Crippen LogP contribution is 2.54. The normalized spacial score (nSPS) is 22.4. The van der Waals surface area contributed by atoms with E-state index in [1.54, 1.807) is 29.3 Å². The van der Waals surface area contributed by atoms with Crippen LogP contribution in [-0.2, 0) is 25.8 Å². The van der Waals surface area contributed by atoms with E-state index in [9.17, 15) is 18.8 Å². The Morgan fingerprint density at radius 2 is 2.03 bits per heavy atom. The van der Waals surface area contributed by atoms with Crippen LogP contribution in [-0.4, -0.2) is 38.0 Å². The number of aryl methyl sites for hydroxylation is 1. The van der Waals surface area contributed by atoms with Gasteiger partial charge < -0.3 is 9.64 Å². The molecule has 2 saturated heterocycles. The summed E-state index contributed by atoms with van der Waals surface area (Å²) < 4.78 is 20.3. The van der Waals surface area contributed by atoms with E-state index in [0.717, 1.165) is 11.1 Å². The molecule has 2 fully saturated rings. The predicted octanol–water partition coefficient (Wildman–Crippen LogP) is 2.78. The van der Waals surface area contributed by atoms with Gasteiger partial charge in [0, 0.05) is 24.4 Å². The molecule has 4 heterocycles. The highest BCUT2D eigenvalue weighted by Gasteiger charge is 2.57. The van der Waals surface area contributed by atoms with Gasteiger partial charge in [-0.25, -0.2) is 14.2 Å². The van der Waals surface area contributed by atoms with Crippen molar-refractivity contribution in [3.05, 3.63) is 81.7 Å². The lowest BCUT2D eigenvalue weighted by atomic mass is 10.0. The van der Waals surface area contributed by atoms with Crippen molar-refractivity contribution < 1.29 is 18.7 Å². The van der Waals surface area contributed by atoms with Crippen LogP contribution in [0.2, 0.25) is 0 Å². The minimum Gasteiger partial charge on any atom is -0.458 e. The molecule has 164 valence electrons. The maximum absolute atomic E-state index is 13.4. The van der Waals surface area contributed by atoms with E-state index in [-0.39, 0.29) is 23.9 Å². The van der Waals surface area contributed by atoms with Crippen molar-refractivity contribution in [2.75, 3.05) is 5.75 Å². The molecule has 1 aromatic carbocycles. The minimum atomic E-state index is -0.746. The molecule has 0 bridgehead atoms. The topological polar surface area (TPSA) is 81.0 Å². The number of carbonyl (C=O) groups excluding carboxylic acids is 2. The average molecular weight is 453 g/mol. The molecule has 0 radical (unpaired) electrons. The molecular weight excluding hydrogens is 433 g/mol. The van der Waals surface area contributed by atoms with Gasteiger partial charge in [-0.3, -0.25) is 14.0 Å². The lowest BCUT2D eigenvalue weighted by molar-refractivity contribution is -0.155. The fraction of sp³-hybridized carbons (Fsp3) is 0.304. The molecule has 5 rings (SSSR count). The van der Waals surface area contributed by atoms with E-state index >= 15 is 0 Å². The molecule has 0 N–H and O–H groups in total. The Balaban J connectivity index is 1.36. The largest absolute Gasteiger partial charge is 0.458 e. The van der Waals surface area contributed by atoms with Gasteiger partial charge in [-0.15, -0.1) is 11.8 Å². The van der Waals surface area contributed by atoms with Crippen LogP contribution in [0, 0.1) is 12.7 Å². The number of pyridine rings is 1. The van der Waals surface area contributed by atoms with Crippen molar-refractivity contribution in [2.45, 2.75) is 37.3 Å². The molecule has 7 nitrogen and oxygen atoms in total. The van der Waals surface area contributed by atoms with E-state index in [1.165, 1.54) is 34.4 Å². The number of benzene rings is 1. The van der Waals surface area contributed by atoms with Gasteiger partial charge >= 0.3 is 5.97 Å². The number of rotatable bonds is 4. The van der Waals surface area contributed by atoms with Crippen LogP contribution in [0.25, 0.3) is 5.65 Å². The number of nitrogens with zero attached hydrogens (tertiary/aromatic N) is 3. The van der Waals surface area contributed by atoms with Gasteiger partial charge in [0.05, 0.1) is 5.69 Å². The van der Waals surface area contributed by atoms with Crippen LogP contribution >= 0.6 is 11.8 Å². The van der Waals surface area contributed by atoms with Gasteiger partial charge in [0.15, 0.2) is 0 Å². The lowest BCUT2D eigenvalue weighted by Gasteiger charge is -2.33. The van der Waals surface area contributed by atoms with Gasteiger partial charge in [0.1, 0.15) is 29.0 Å². The zero-order valence-corrected chi connectivity index (χ0v) is 18.1. The quantitative estimate of drug-likeness (QED) is 0.565. The Kier molecular flexibility index (Phi) is 5.00. The first-order valence-electron chi connectivity index (χ1n) is 10.3. The number of halogens is 1. The molecule has 32 heavy (non-hydrogen) atoms. The fourth-order valence-electron chi connectivity index (χ4n) is 4.40. The van der Waals surface area contributed by atoms with Gasteiger partial charge in [-0.1, -0.05) is 12.1 Å². The number of amides is 1. The number of hydrogen-bond acceptors (Lipinski definition) is 6. The smallest absolute Gasteiger partial charge is 0.330 e. The van der Waals surface area contributed by atoms with Crippen LogP contribution in [0.1, 0.15) is 29.7 Å². The lowest BCUT2D eigenvalue weighted by Crippen LogP contribution is -2.46. The Hall–Kier alpha value is -3.20. The predicted molar refractivity (Wildman–Crippen MR) is 116 cm³/mol. The Labute approximate surface area is 187 Å². The van der Waals surface area contributed by atoms with Gasteiger partial charge in [0.2, 0.25) is 5.91 Å². The van der Waals surface area contributed by atoms with Crippen molar-refractivity contribution in [2.24, 2.45) is 0 Å². The van der Waals surface area contributed by atoms with Gasteiger partial charge in [-0.2, -0.15) is 0 Å². The number of esters is 1. The Morgan fingerprint density at radius 1 is 1.25 bits per heavy atom. The molecule has 0 saturated carbocycles. The zero-order chi connectivity index (χ0) is 22.5. The maximum Gasteiger partial charge on any atom is 0.330 e. The minimum absolute atomic E-state index is 0.126. The molecule has 2 aliphatic rings. The van der Waals surface area contributed by atoms with Crippen LogP contribution < -0.4 is 5.56 Å². The fourth-order valence-corrected chi connectivity index (χ4v) is 6.03.